The summed E-state index contributed by atoms with van der Waals surface area (Å²) in [5, 5.41) is 0. The zero-order valence-corrected chi connectivity index (χ0v) is 9.87. The average Bonchev–Trinajstić information content (AvgIpc) is 2.11. The van der Waals surface area contributed by atoms with E-state index in [4.69, 9.17) is 21.1 Å². The van der Waals surface area contributed by atoms with Gasteiger partial charge >= 0.3 is 11.9 Å². The minimum atomic E-state index is -1.45. The van der Waals surface area contributed by atoms with Crippen LogP contribution in [0.25, 0.3) is 0 Å². The van der Waals surface area contributed by atoms with Crippen molar-refractivity contribution in [3.63, 3.8) is 0 Å². The molecule has 5 nitrogen and oxygen atoms in total. The zero-order chi connectivity index (χ0) is 12.3. The Labute approximate surface area is 98.0 Å². The summed E-state index contributed by atoms with van der Waals surface area (Å²) in [4.78, 5) is 34.4. The molecule has 90 valence electrons. The van der Waals surface area contributed by atoms with Crippen molar-refractivity contribution in [2.75, 3.05) is 5.88 Å². The molecule has 0 saturated carbocycles. The van der Waals surface area contributed by atoms with Crippen LogP contribution in [0.15, 0.2) is 0 Å². The number of ketones is 1. The van der Waals surface area contributed by atoms with Gasteiger partial charge in [-0.1, -0.05) is 0 Å². The van der Waals surface area contributed by atoms with Crippen molar-refractivity contribution >= 4 is 29.3 Å². The number of carbonyl (C=O) groups is 3. The molecule has 0 N–H and O–H groups in total. The van der Waals surface area contributed by atoms with Gasteiger partial charge in [-0.3, -0.25) is 14.4 Å². The van der Waals surface area contributed by atoms with E-state index in [0.29, 0.717) is 12.3 Å². The fourth-order valence-corrected chi connectivity index (χ4v) is 1.50. The first-order valence-corrected chi connectivity index (χ1v) is 5.45. The third-order valence-corrected chi connectivity index (χ3v) is 2.31. The van der Waals surface area contributed by atoms with Crippen LogP contribution in [0.1, 0.15) is 26.7 Å². The highest BCUT2D eigenvalue weighted by Gasteiger charge is 2.46. The lowest BCUT2D eigenvalue weighted by Crippen LogP contribution is -2.49. The van der Waals surface area contributed by atoms with E-state index in [0.717, 1.165) is 0 Å². The maximum Gasteiger partial charge on any atom is 0.331 e. The van der Waals surface area contributed by atoms with Gasteiger partial charge in [0.1, 0.15) is 0 Å². The maximum absolute atomic E-state index is 11.5. The van der Waals surface area contributed by atoms with E-state index in [9.17, 15) is 14.4 Å². The first-order chi connectivity index (χ1) is 7.37. The summed E-state index contributed by atoms with van der Waals surface area (Å²) in [6.07, 6.45) is 0.486. The van der Waals surface area contributed by atoms with Crippen molar-refractivity contribution in [3.05, 3.63) is 0 Å². The molecule has 0 atom stereocenters. The molecule has 16 heavy (non-hydrogen) atoms. The minimum absolute atomic E-state index is 0.0682. The molecule has 1 rings (SSSR count). The van der Waals surface area contributed by atoms with Gasteiger partial charge in [-0.25, -0.2) is 0 Å². The lowest BCUT2D eigenvalue weighted by molar-refractivity contribution is -0.238. The number of hydrogen-bond acceptors (Lipinski definition) is 5. The molecule has 6 heteroatoms. The van der Waals surface area contributed by atoms with Crippen LogP contribution in [0, 0.1) is 5.92 Å². The molecule has 0 aromatic carbocycles. The Hall–Kier alpha value is -1.10. The monoisotopic (exact) mass is 248 g/mol. The van der Waals surface area contributed by atoms with Gasteiger partial charge in [0.15, 0.2) is 5.78 Å². The smallest absolute Gasteiger partial charge is 0.331 e. The molecule has 0 aliphatic carbocycles. The Morgan fingerprint density at radius 1 is 1.31 bits per heavy atom. The molecule has 1 heterocycles. The van der Waals surface area contributed by atoms with Crippen LogP contribution in [0.4, 0.5) is 0 Å². The second-order valence-electron chi connectivity index (χ2n) is 3.93. The predicted octanol–water partition coefficient (Wildman–Crippen LogP) is 1.03. The van der Waals surface area contributed by atoms with Crippen LogP contribution in [0.2, 0.25) is 0 Å². The third kappa shape index (κ3) is 2.95. The van der Waals surface area contributed by atoms with Gasteiger partial charge in [0.05, 0.1) is 0 Å². The summed E-state index contributed by atoms with van der Waals surface area (Å²) in [5.74, 6) is -4.64. The largest absolute Gasteiger partial charge is 0.422 e. The number of carbonyl (C=O) groups excluding carboxylic acids is 3. The van der Waals surface area contributed by atoms with Gasteiger partial charge in [-0.05, 0) is 6.42 Å². The summed E-state index contributed by atoms with van der Waals surface area (Å²) < 4.78 is 9.64. The number of Topliss-reactive ketones (excluding diaryl/α,β-unsaturated/α-hetero) is 1. The lowest BCUT2D eigenvalue weighted by Gasteiger charge is -2.32. The van der Waals surface area contributed by atoms with Gasteiger partial charge in [0.25, 0.3) is 5.79 Å². The van der Waals surface area contributed by atoms with E-state index < -0.39 is 29.4 Å². The Bertz CT molecular complexity index is 303. The fraction of sp³-hybridized carbons (Fsp3) is 0.700. The van der Waals surface area contributed by atoms with Crippen molar-refractivity contribution in [1.29, 1.82) is 0 Å². The standard InChI is InChI=1S/C10H13ClO5/c1-10(2)15-8(13)7(9(14)16-10)6(12)4-3-5-11/h7H,3-5H2,1-2H3. The fourth-order valence-electron chi connectivity index (χ4n) is 1.37. The molecule has 0 amide bonds. The molecule has 0 unspecified atom stereocenters. The number of esters is 2. The van der Waals surface area contributed by atoms with E-state index in [1.54, 1.807) is 0 Å². The number of cyclic esters (lactones) is 2. The van der Waals surface area contributed by atoms with E-state index in [-0.39, 0.29) is 6.42 Å². The Kier molecular flexibility index (Phi) is 3.91. The third-order valence-electron chi connectivity index (χ3n) is 2.04. The molecular weight excluding hydrogens is 236 g/mol. The summed E-state index contributed by atoms with van der Waals surface area (Å²) in [7, 11) is 0. The van der Waals surface area contributed by atoms with E-state index in [1.165, 1.54) is 13.8 Å². The highest BCUT2D eigenvalue weighted by molar-refractivity contribution is 6.18. The first-order valence-electron chi connectivity index (χ1n) is 4.92. The second-order valence-corrected chi connectivity index (χ2v) is 4.31. The molecule has 1 saturated heterocycles. The normalized spacial score (nSPS) is 20.2. The predicted molar refractivity (Wildman–Crippen MR) is 54.7 cm³/mol. The molecule has 1 aliphatic heterocycles. The molecule has 1 fully saturated rings. The Morgan fingerprint density at radius 2 is 1.81 bits per heavy atom. The van der Waals surface area contributed by atoms with Crippen molar-refractivity contribution in [2.45, 2.75) is 32.5 Å². The van der Waals surface area contributed by atoms with E-state index in [2.05, 4.69) is 0 Å². The van der Waals surface area contributed by atoms with Crippen molar-refractivity contribution in [3.8, 4) is 0 Å². The van der Waals surface area contributed by atoms with Gasteiger partial charge in [0.2, 0.25) is 5.92 Å². The molecular formula is C10H13ClO5. The number of rotatable bonds is 4. The summed E-state index contributed by atoms with van der Waals surface area (Å²) in [5.41, 5.74) is 0. The molecule has 1 aliphatic rings. The highest BCUT2D eigenvalue weighted by Crippen LogP contribution is 2.24. The summed E-state index contributed by atoms with van der Waals surface area (Å²) in [6.45, 7) is 2.87. The van der Waals surface area contributed by atoms with Crippen LogP contribution >= 0.6 is 11.6 Å². The zero-order valence-electron chi connectivity index (χ0n) is 9.12. The van der Waals surface area contributed by atoms with Crippen LogP contribution in [-0.2, 0) is 23.9 Å². The molecule has 0 bridgehead atoms. The minimum Gasteiger partial charge on any atom is -0.422 e. The average molecular weight is 249 g/mol. The molecule has 0 spiro atoms. The summed E-state index contributed by atoms with van der Waals surface area (Å²) >= 11 is 5.42. The van der Waals surface area contributed by atoms with Crippen LogP contribution < -0.4 is 0 Å². The van der Waals surface area contributed by atoms with Crippen LogP contribution in [-0.4, -0.2) is 29.4 Å². The Morgan fingerprint density at radius 3 is 2.25 bits per heavy atom. The van der Waals surface area contributed by atoms with E-state index in [1.807, 2.05) is 0 Å². The number of halogens is 1. The van der Waals surface area contributed by atoms with E-state index >= 15 is 0 Å². The number of alkyl halides is 1. The first kappa shape index (κ1) is 13.0. The molecule has 0 aromatic rings. The van der Waals surface area contributed by atoms with Crippen LogP contribution in [0.3, 0.4) is 0 Å². The molecule has 0 radical (unpaired) electrons. The SMILES string of the molecule is CC1(C)OC(=O)C(C(=O)CCCCl)C(=O)O1. The maximum atomic E-state index is 11.5. The van der Waals surface area contributed by atoms with Crippen molar-refractivity contribution in [1.82, 2.24) is 0 Å². The van der Waals surface area contributed by atoms with Crippen molar-refractivity contribution < 1.29 is 23.9 Å². The number of hydrogen-bond donors (Lipinski definition) is 0. The molecule has 0 aromatic heterocycles. The Balaban J connectivity index is 2.71. The highest BCUT2D eigenvalue weighted by atomic mass is 35.5. The second kappa shape index (κ2) is 4.82. The lowest BCUT2D eigenvalue weighted by atomic mass is 9.99. The van der Waals surface area contributed by atoms with Gasteiger partial charge in [0, 0.05) is 26.1 Å². The summed E-state index contributed by atoms with van der Waals surface area (Å²) in [6, 6.07) is 0. The van der Waals surface area contributed by atoms with Crippen molar-refractivity contribution in [2.24, 2.45) is 5.92 Å². The number of ether oxygens (including phenoxy) is 2. The topological polar surface area (TPSA) is 69.7 Å². The van der Waals surface area contributed by atoms with Crippen LogP contribution in [0.5, 0.6) is 0 Å². The van der Waals surface area contributed by atoms with Gasteiger partial charge in [-0.2, -0.15) is 0 Å². The quantitative estimate of drug-likeness (QED) is 0.422. The van der Waals surface area contributed by atoms with Gasteiger partial charge < -0.3 is 9.47 Å². The van der Waals surface area contributed by atoms with Gasteiger partial charge in [-0.15, -0.1) is 11.6 Å².